The summed E-state index contributed by atoms with van der Waals surface area (Å²) in [5.41, 5.74) is 6.99. The molecule has 3 aliphatic rings. The first-order valence-electron chi connectivity index (χ1n) is 6.78. The highest BCUT2D eigenvalue weighted by molar-refractivity contribution is 6.73. The van der Waals surface area contributed by atoms with Gasteiger partial charge in [0, 0.05) is 25.3 Å². The third kappa shape index (κ3) is 1.67. The molecule has 0 aromatic rings. The highest BCUT2D eigenvalue weighted by atomic mass is 28.2. The Balaban J connectivity index is 2.18. The molecule has 0 saturated heterocycles. The van der Waals surface area contributed by atoms with Crippen molar-refractivity contribution in [3.05, 3.63) is 46.7 Å². The van der Waals surface area contributed by atoms with Crippen molar-refractivity contribution in [3.63, 3.8) is 0 Å². The van der Waals surface area contributed by atoms with Crippen LogP contribution >= 0.6 is 0 Å². The van der Waals surface area contributed by atoms with E-state index in [1.165, 1.54) is 28.1 Å². The summed E-state index contributed by atoms with van der Waals surface area (Å²) in [7, 11) is -0.372. The van der Waals surface area contributed by atoms with Crippen LogP contribution in [0.3, 0.4) is 0 Å². The van der Waals surface area contributed by atoms with Crippen LogP contribution in [0.2, 0.25) is 13.1 Å². The van der Waals surface area contributed by atoms with Gasteiger partial charge in [0.15, 0.2) is 0 Å². The zero-order chi connectivity index (χ0) is 12.7. The molecule has 0 unspecified atom stereocenters. The van der Waals surface area contributed by atoms with Crippen LogP contribution in [0.15, 0.2) is 51.7 Å². The van der Waals surface area contributed by atoms with Gasteiger partial charge >= 0.3 is 0 Å². The average molecular weight is 253 g/mol. The lowest BCUT2D eigenvalue weighted by atomic mass is 9.94. The van der Waals surface area contributed by atoms with Gasteiger partial charge in [0.05, 0.1) is 5.70 Å². The summed E-state index contributed by atoms with van der Waals surface area (Å²) in [6, 6.07) is 0. The van der Waals surface area contributed by atoms with Gasteiger partial charge in [-0.25, -0.2) is 0 Å². The molecule has 0 radical (unpaired) electrons. The molecule has 0 aromatic carbocycles. The van der Waals surface area contributed by atoms with Crippen LogP contribution in [0.25, 0.3) is 0 Å². The Morgan fingerprint density at radius 1 is 1.22 bits per heavy atom. The minimum absolute atomic E-state index is 0.372. The fourth-order valence-corrected chi connectivity index (χ4v) is 4.24. The van der Waals surface area contributed by atoms with Crippen molar-refractivity contribution in [2.45, 2.75) is 39.3 Å². The molecule has 92 valence electrons. The Kier molecular flexibility index (Phi) is 2.90. The van der Waals surface area contributed by atoms with Crippen LogP contribution in [-0.2, 0) is 0 Å². The quantitative estimate of drug-likeness (QED) is 0.663. The lowest BCUT2D eigenvalue weighted by Gasteiger charge is -2.11. The van der Waals surface area contributed by atoms with Crippen molar-refractivity contribution in [1.82, 2.24) is 0 Å². The predicted octanol–water partition coefficient (Wildman–Crippen LogP) is 3.83. The molecule has 0 atom stereocenters. The molecule has 1 aliphatic heterocycles. The van der Waals surface area contributed by atoms with Crippen LogP contribution in [0.4, 0.5) is 0 Å². The number of nitrogens with zero attached hydrogens (tertiary/aromatic N) is 1. The van der Waals surface area contributed by atoms with Crippen LogP contribution in [0.1, 0.15) is 26.2 Å². The lowest BCUT2D eigenvalue weighted by molar-refractivity contribution is 1.23. The van der Waals surface area contributed by atoms with Crippen molar-refractivity contribution in [1.29, 1.82) is 0 Å². The molecule has 18 heavy (non-hydrogen) atoms. The van der Waals surface area contributed by atoms with Crippen molar-refractivity contribution in [2.75, 3.05) is 0 Å². The number of allylic oxidation sites excluding steroid dienone is 7. The van der Waals surface area contributed by atoms with E-state index in [1.807, 2.05) is 0 Å². The molecule has 0 aromatic heterocycles. The second-order valence-corrected chi connectivity index (χ2v) is 7.86. The number of fused-ring (bicyclic) bond motifs is 1. The summed E-state index contributed by atoms with van der Waals surface area (Å²) in [5, 5.41) is 1.67. The SMILES string of the molecule is CCC1=NC2=CCC(=[Si](C)C)C2=C1C1=CC=CC1. The first-order chi connectivity index (χ1) is 8.72. The topological polar surface area (TPSA) is 12.4 Å². The Morgan fingerprint density at radius 3 is 2.67 bits per heavy atom. The highest BCUT2D eigenvalue weighted by Gasteiger charge is 2.30. The van der Waals surface area contributed by atoms with Gasteiger partial charge in [-0.1, -0.05) is 49.5 Å². The van der Waals surface area contributed by atoms with Crippen LogP contribution in [0, 0.1) is 0 Å². The van der Waals surface area contributed by atoms with Crippen LogP contribution in [-0.4, -0.2) is 19.3 Å². The molecule has 0 N–H and O–H groups in total. The zero-order valence-corrected chi connectivity index (χ0v) is 12.4. The van der Waals surface area contributed by atoms with E-state index in [-0.39, 0.29) is 8.41 Å². The predicted molar refractivity (Wildman–Crippen MR) is 81.8 cm³/mol. The minimum Gasteiger partial charge on any atom is -0.253 e. The lowest BCUT2D eigenvalue weighted by Crippen LogP contribution is -2.12. The molecule has 0 spiro atoms. The standard InChI is InChI=1S/C16H19NSi/c1-4-12-15(11-7-5-6-8-11)16-13(17-12)9-10-14(16)18(2)3/h5-7,9H,4,8,10H2,1-3H3. The summed E-state index contributed by atoms with van der Waals surface area (Å²) in [6.45, 7) is 7.01. The van der Waals surface area contributed by atoms with Gasteiger partial charge in [-0.2, -0.15) is 0 Å². The van der Waals surface area contributed by atoms with Gasteiger partial charge in [-0.3, -0.25) is 4.99 Å². The van der Waals surface area contributed by atoms with E-state index in [1.54, 1.807) is 5.17 Å². The summed E-state index contributed by atoms with van der Waals surface area (Å²) in [6.07, 6.45) is 12.3. The van der Waals surface area contributed by atoms with E-state index in [4.69, 9.17) is 4.99 Å². The van der Waals surface area contributed by atoms with Gasteiger partial charge in [-0.15, -0.1) is 0 Å². The summed E-state index contributed by atoms with van der Waals surface area (Å²) in [5.74, 6) is 0. The van der Waals surface area contributed by atoms with Crippen LogP contribution in [0.5, 0.6) is 0 Å². The Morgan fingerprint density at radius 2 is 2.06 bits per heavy atom. The summed E-state index contributed by atoms with van der Waals surface area (Å²) >= 11 is 0. The average Bonchev–Trinajstić information content (AvgIpc) is 3.03. The largest absolute Gasteiger partial charge is 0.253 e. The maximum atomic E-state index is 4.86. The first kappa shape index (κ1) is 11.8. The van der Waals surface area contributed by atoms with Crippen LogP contribution < -0.4 is 0 Å². The molecule has 0 amide bonds. The van der Waals surface area contributed by atoms with Crippen molar-refractivity contribution < 1.29 is 0 Å². The molecule has 1 heterocycles. The maximum absolute atomic E-state index is 4.86. The van der Waals surface area contributed by atoms with E-state index in [9.17, 15) is 0 Å². The Hall–Kier alpha value is -1.28. The molecule has 1 nitrogen and oxygen atoms in total. The molecule has 0 fully saturated rings. The molecule has 0 bridgehead atoms. The van der Waals surface area contributed by atoms with Gasteiger partial charge in [-0.05, 0) is 24.8 Å². The van der Waals surface area contributed by atoms with Gasteiger partial charge in [0.2, 0.25) is 0 Å². The Bertz CT molecular complexity index is 591. The third-order valence-electron chi connectivity index (χ3n) is 3.88. The van der Waals surface area contributed by atoms with Crippen molar-refractivity contribution >= 4 is 19.3 Å². The number of aliphatic imine (C=N–C) groups is 1. The number of rotatable bonds is 2. The molecular formula is C16H19NSi. The fraction of sp³-hybridized carbons (Fsp3) is 0.375. The van der Waals surface area contributed by atoms with Crippen molar-refractivity contribution in [3.8, 4) is 0 Å². The van der Waals surface area contributed by atoms with E-state index in [0.29, 0.717) is 0 Å². The monoisotopic (exact) mass is 253 g/mol. The molecular weight excluding hydrogens is 234 g/mol. The second kappa shape index (κ2) is 4.43. The first-order valence-corrected chi connectivity index (χ1v) is 9.28. The number of hydrogen-bond acceptors (Lipinski definition) is 1. The number of hydrogen-bond donors (Lipinski definition) is 0. The molecule has 0 saturated carbocycles. The third-order valence-corrected chi connectivity index (χ3v) is 5.54. The Labute approximate surface area is 111 Å². The molecule has 2 aliphatic carbocycles. The van der Waals surface area contributed by atoms with E-state index in [0.717, 1.165) is 19.3 Å². The highest BCUT2D eigenvalue weighted by Crippen LogP contribution is 2.39. The van der Waals surface area contributed by atoms with Crippen molar-refractivity contribution in [2.24, 2.45) is 4.99 Å². The maximum Gasteiger partial charge on any atom is 0.0674 e. The van der Waals surface area contributed by atoms with Gasteiger partial charge in [0.25, 0.3) is 0 Å². The molecule has 3 rings (SSSR count). The minimum atomic E-state index is -0.372. The summed E-state index contributed by atoms with van der Waals surface area (Å²) < 4.78 is 0. The second-order valence-electron chi connectivity index (χ2n) is 5.26. The normalized spacial score (nSPS) is 21.3. The van der Waals surface area contributed by atoms with Gasteiger partial charge < -0.3 is 0 Å². The van der Waals surface area contributed by atoms with E-state index < -0.39 is 0 Å². The zero-order valence-electron chi connectivity index (χ0n) is 11.4. The van der Waals surface area contributed by atoms with E-state index >= 15 is 0 Å². The van der Waals surface area contributed by atoms with Gasteiger partial charge in [0.1, 0.15) is 0 Å². The fourth-order valence-electron chi connectivity index (χ4n) is 2.97. The smallest absolute Gasteiger partial charge is 0.0674 e. The molecule has 2 heteroatoms. The summed E-state index contributed by atoms with van der Waals surface area (Å²) in [4.78, 5) is 4.86. The van der Waals surface area contributed by atoms with E-state index in [2.05, 4.69) is 44.3 Å².